The Bertz CT molecular complexity index is 290. The van der Waals surface area contributed by atoms with Crippen molar-refractivity contribution in [1.82, 2.24) is 0 Å². The average molecular weight is 252 g/mol. The topological polar surface area (TPSA) is 110 Å². The average Bonchev–Trinajstić information content (AvgIpc) is 2.25. The number of aliphatic hydroxyl groups excluding tert-OH is 1. The van der Waals surface area contributed by atoms with Crippen LogP contribution in [0.3, 0.4) is 0 Å². The highest BCUT2D eigenvalue weighted by molar-refractivity contribution is 7.10. The molecular formula is C8H13O7P. The third-order valence-corrected chi connectivity index (χ3v) is 2.07. The summed E-state index contributed by atoms with van der Waals surface area (Å²) in [7, 11) is 1.70. The first kappa shape index (κ1) is 14.8. The van der Waals surface area contributed by atoms with Gasteiger partial charge < -0.3 is 19.5 Å². The van der Waals surface area contributed by atoms with E-state index < -0.39 is 36.0 Å². The normalized spacial score (nSPS) is 15.8. The lowest BCUT2D eigenvalue weighted by atomic mass is 10.1. The fraction of sp³-hybridized carbons (Fsp3) is 0.625. The predicted octanol–water partition coefficient (Wildman–Crippen LogP) is -0.667. The third kappa shape index (κ3) is 4.12. The zero-order valence-electron chi connectivity index (χ0n) is 8.75. The summed E-state index contributed by atoms with van der Waals surface area (Å²) in [5.74, 6) is -4.59. The maximum atomic E-state index is 11.3. The summed E-state index contributed by atoms with van der Waals surface area (Å²) in [5, 5.41) is 17.5. The molecule has 0 heterocycles. The van der Waals surface area contributed by atoms with E-state index in [1.165, 1.54) is 13.8 Å². The van der Waals surface area contributed by atoms with Gasteiger partial charge in [0.25, 0.3) is 0 Å². The Morgan fingerprint density at radius 3 is 2.06 bits per heavy atom. The molecular weight excluding hydrogens is 239 g/mol. The number of ether oxygens (including phenoxy) is 1. The zero-order chi connectivity index (χ0) is 12.9. The van der Waals surface area contributed by atoms with Crippen molar-refractivity contribution in [1.29, 1.82) is 0 Å². The van der Waals surface area contributed by atoms with E-state index in [-0.39, 0.29) is 0 Å². The van der Waals surface area contributed by atoms with Gasteiger partial charge in [-0.15, -0.1) is 0 Å². The van der Waals surface area contributed by atoms with E-state index in [2.05, 4.69) is 9.26 Å². The van der Waals surface area contributed by atoms with E-state index in [4.69, 9.17) is 10.2 Å². The molecule has 0 aliphatic rings. The highest BCUT2D eigenvalue weighted by Crippen LogP contribution is 2.09. The summed E-state index contributed by atoms with van der Waals surface area (Å²) in [6.45, 7) is 2.45. The minimum Gasteiger partial charge on any atom is -0.479 e. The lowest BCUT2D eigenvalue weighted by Crippen LogP contribution is -2.36. The van der Waals surface area contributed by atoms with Crippen LogP contribution in [-0.2, 0) is 23.6 Å². The largest absolute Gasteiger partial charge is 0.479 e. The molecule has 8 heteroatoms. The van der Waals surface area contributed by atoms with Crippen LogP contribution in [0.1, 0.15) is 13.8 Å². The Kier molecular flexibility index (Phi) is 5.92. The molecule has 16 heavy (non-hydrogen) atoms. The summed E-state index contributed by atoms with van der Waals surface area (Å²) in [5.41, 5.74) is 0. The molecule has 0 fully saturated rings. The van der Waals surface area contributed by atoms with Crippen molar-refractivity contribution in [3.63, 3.8) is 0 Å². The van der Waals surface area contributed by atoms with E-state index in [0.717, 1.165) is 0 Å². The molecule has 0 saturated carbocycles. The highest BCUT2D eigenvalue weighted by Gasteiger charge is 2.31. The SMILES string of the molecule is C[C@H](OC(=O)[C@H](C)[C@H](O)C(=O)O)C(=O)OP. The van der Waals surface area contributed by atoms with Crippen LogP contribution in [0.5, 0.6) is 0 Å². The number of carboxylic acids is 1. The number of carbonyl (C=O) groups is 3. The maximum Gasteiger partial charge on any atom is 0.349 e. The van der Waals surface area contributed by atoms with E-state index in [9.17, 15) is 14.4 Å². The lowest BCUT2D eigenvalue weighted by Gasteiger charge is -2.16. The van der Waals surface area contributed by atoms with Crippen LogP contribution in [0.4, 0.5) is 0 Å². The second-order valence-electron chi connectivity index (χ2n) is 3.09. The van der Waals surface area contributed by atoms with Crippen LogP contribution in [0.25, 0.3) is 0 Å². The summed E-state index contributed by atoms with van der Waals surface area (Å²) in [4.78, 5) is 32.5. The van der Waals surface area contributed by atoms with E-state index in [1.807, 2.05) is 0 Å². The standard InChI is InChI=1S/C8H13O7P/c1-3(5(9)6(10)11)7(12)14-4(2)8(13)15-16/h3-5,9H,16H2,1-2H3,(H,10,11)/t3-,4+,5+/m1/s1. The summed E-state index contributed by atoms with van der Waals surface area (Å²) < 4.78 is 8.81. The number of carbonyl (C=O) groups excluding carboxylic acids is 2. The molecule has 0 aliphatic heterocycles. The molecule has 0 aromatic rings. The van der Waals surface area contributed by atoms with Gasteiger partial charge in [0.1, 0.15) is 0 Å². The number of hydrogen-bond donors (Lipinski definition) is 2. The van der Waals surface area contributed by atoms with Gasteiger partial charge in [0.05, 0.1) is 15.4 Å². The van der Waals surface area contributed by atoms with Crippen LogP contribution in [0.15, 0.2) is 0 Å². The van der Waals surface area contributed by atoms with Gasteiger partial charge in [-0.3, -0.25) is 4.79 Å². The number of hydrogen-bond acceptors (Lipinski definition) is 6. The molecule has 92 valence electrons. The number of aliphatic hydroxyl groups is 1. The van der Waals surface area contributed by atoms with Gasteiger partial charge in [-0.05, 0) is 13.8 Å². The maximum absolute atomic E-state index is 11.3. The van der Waals surface area contributed by atoms with Crippen molar-refractivity contribution in [3.05, 3.63) is 0 Å². The quantitative estimate of drug-likeness (QED) is 0.493. The molecule has 0 radical (unpaired) electrons. The van der Waals surface area contributed by atoms with Gasteiger partial charge in [-0.25, -0.2) is 9.59 Å². The highest BCUT2D eigenvalue weighted by atomic mass is 31.0. The molecule has 0 aromatic carbocycles. The van der Waals surface area contributed by atoms with Crippen LogP contribution < -0.4 is 0 Å². The van der Waals surface area contributed by atoms with Gasteiger partial charge >= 0.3 is 17.9 Å². The van der Waals surface area contributed by atoms with Crippen molar-refractivity contribution in [3.8, 4) is 0 Å². The van der Waals surface area contributed by atoms with Crippen molar-refractivity contribution < 1.29 is 33.9 Å². The van der Waals surface area contributed by atoms with Crippen LogP contribution in [0.2, 0.25) is 0 Å². The van der Waals surface area contributed by atoms with Crippen LogP contribution in [0, 0.1) is 5.92 Å². The molecule has 0 aliphatic carbocycles. The Labute approximate surface area is 94.0 Å². The summed E-state index contributed by atoms with van der Waals surface area (Å²) in [6.07, 6.45) is -3.03. The molecule has 7 nitrogen and oxygen atoms in total. The first-order chi connectivity index (χ1) is 7.31. The summed E-state index contributed by atoms with van der Waals surface area (Å²) >= 11 is 0. The molecule has 4 atom stereocenters. The molecule has 0 saturated heterocycles. The number of carboxylic acid groups (broad SMARTS) is 1. The molecule has 2 N–H and O–H groups in total. The van der Waals surface area contributed by atoms with Crippen molar-refractivity contribution in [2.24, 2.45) is 5.92 Å². The van der Waals surface area contributed by atoms with E-state index >= 15 is 0 Å². The molecule has 0 rings (SSSR count). The predicted molar refractivity (Wildman–Crippen MR) is 54.2 cm³/mol. The molecule has 0 amide bonds. The van der Waals surface area contributed by atoms with Crippen molar-refractivity contribution in [2.75, 3.05) is 0 Å². The third-order valence-electron chi connectivity index (χ3n) is 1.84. The lowest BCUT2D eigenvalue weighted by molar-refractivity contribution is -0.170. The van der Waals surface area contributed by atoms with Gasteiger partial charge in [-0.2, -0.15) is 0 Å². The zero-order valence-corrected chi connectivity index (χ0v) is 9.90. The van der Waals surface area contributed by atoms with E-state index in [0.29, 0.717) is 0 Å². The molecule has 0 bridgehead atoms. The smallest absolute Gasteiger partial charge is 0.349 e. The van der Waals surface area contributed by atoms with E-state index in [1.54, 1.807) is 9.47 Å². The second kappa shape index (κ2) is 6.40. The molecule has 0 spiro atoms. The molecule has 0 aromatic heterocycles. The fourth-order valence-corrected chi connectivity index (χ4v) is 0.960. The van der Waals surface area contributed by atoms with Gasteiger partial charge in [0.15, 0.2) is 12.2 Å². The summed E-state index contributed by atoms with van der Waals surface area (Å²) in [6, 6.07) is 0. The van der Waals surface area contributed by atoms with Gasteiger partial charge in [0, 0.05) is 0 Å². The Balaban J connectivity index is 4.36. The Morgan fingerprint density at radius 1 is 1.19 bits per heavy atom. The monoisotopic (exact) mass is 252 g/mol. The number of aliphatic carboxylic acids is 1. The molecule has 1 unspecified atom stereocenters. The fourth-order valence-electron chi connectivity index (χ4n) is 0.768. The number of esters is 1. The minimum absolute atomic E-state index is 0.796. The Morgan fingerprint density at radius 2 is 1.69 bits per heavy atom. The van der Waals surface area contributed by atoms with Crippen molar-refractivity contribution >= 4 is 27.4 Å². The van der Waals surface area contributed by atoms with Crippen LogP contribution in [-0.4, -0.2) is 40.3 Å². The van der Waals surface area contributed by atoms with Crippen LogP contribution >= 0.6 is 9.47 Å². The number of rotatable bonds is 5. The first-order valence-electron chi connectivity index (χ1n) is 4.33. The van der Waals surface area contributed by atoms with Gasteiger partial charge in [-0.1, -0.05) is 0 Å². The van der Waals surface area contributed by atoms with Crippen molar-refractivity contribution in [2.45, 2.75) is 26.1 Å². The Hall–Kier alpha value is -1.20. The van der Waals surface area contributed by atoms with Gasteiger partial charge in [0.2, 0.25) is 0 Å². The minimum atomic E-state index is -1.87. The second-order valence-corrected chi connectivity index (χ2v) is 3.32. The first-order valence-corrected chi connectivity index (χ1v) is 4.80.